The van der Waals surface area contributed by atoms with Crippen molar-refractivity contribution in [2.75, 3.05) is 38.0 Å². The Morgan fingerprint density at radius 2 is 2.06 bits per heavy atom. The van der Waals surface area contributed by atoms with Gasteiger partial charge in [0.2, 0.25) is 0 Å². The average molecular weight is 248 g/mol. The normalized spacial score (nSPS) is 17.0. The predicted octanol–water partition coefficient (Wildman–Crippen LogP) is 2.38. The minimum atomic E-state index is -0.313. The van der Waals surface area contributed by atoms with Crippen molar-refractivity contribution in [1.82, 2.24) is 0 Å². The van der Waals surface area contributed by atoms with Crippen molar-refractivity contribution in [2.45, 2.75) is 4.90 Å². The Kier molecular flexibility index (Phi) is 3.60. The second kappa shape index (κ2) is 4.99. The van der Waals surface area contributed by atoms with Crippen LogP contribution in [0.4, 0.5) is 5.69 Å². The summed E-state index contributed by atoms with van der Waals surface area (Å²) < 4.78 is 5.15. The van der Waals surface area contributed by atoms with Crippen LogP contribution >= 0.6 is 11.8 Å². The monoisotopic (exact) mass is 248 g/mol. The quantitative estimate of drug-likeness (QED) is 0.767. The molecule has 0 spiro atoms. The topological polar surface area (TPSA) is 36.3 Å². The molecule has 0 unspecified atom stereocenters. The first-order valence-electron chi connectivity index (χ1n) is 5.53. The maximum atomic E-state index is 9.15. The summed E-state index contributed by atoms with van der Waals surface area (Å²) in [5.74, 6) is 0. The molecule has 0 aromatic heterocycles. The van der Waals surface area contributed by atoms with E-state index in [9.17, 15) is 0 Å². The Morgan fingerprint density at radius 3 is 2.47 bits per heavy atom. The second-order valence-electron chi connectivity index (χ2n) is 4.44. The van der Waals surface area contributed by atoms with Gasteiger partial charge in [-0.05, 0) is 30.5 Å². The van der Waals surface area contributed by atoms with Crippen LogP contribution in [0.25, 0.3) is 0 Å². The highest BCUT2D eigenvalue weighted by Crippen LogP contribution is 2.29. The minimum Gasteiger partial charge on any atom is -0.378 e. The van der Waals surface area contributed by atoms with Crippen LogP contribution in [0.3, 0.4) is 0 Å². The lowest BCUT2D eigenvalue weighted by molar-refractivity contribution is -0.0716. The molecule has 0 N–H and O–H groups in total. The van der Waals surface area contributed by atoms with Gasteiger partial charge in [0.1, 0.15) is 5.41 Å². The van der Waals surface area contributed by atoms with Crippen LogP contribution in [-0.4, -0.2) is 33.1 Å². The first kappa shape index (κ1) is 12.3. The molecule has 4 heteroatoms. The zero-order valence-electron chi connectivity index (χ0n) is 10.1. The Balaban J connectivity index is 2.04. The Bertz CT molecular complexity index is 420. The van der Waals surface area contributed by atoms with Crippen LogP contribution in [-0.2, 0) is 4.74 Å². The van der Waals surface area contributed by atoms with Crippen molar-refractivity contribution in [2.24, 2.45) is 5.41 Å². The van der Waals surface area contributed by atoms with Crippen molar-refractivity contribution in [3.05, 3.63) is 24.3 Å². The first-order chi connectivity index (χ1) is 8.19. The van der Waals surface area contributed by atoms with Gasteiger partial charge in [-0.2, -0.15) is 5.26 Å². The highest BCUT2D eigenvalue weighted by Gasteiger charge is 2.40. The molecule has 2 rings (SSSR count). The van der Waals surface area contributed by atoms with Gasteiger partial charge in [0.15, 0.2) is 0 Å². The van der Waals surface area contributed by atoms with Gasteiger partial charge in [-0.3, -0.25) is 0 Å². The molecule has 1 aromatic rings. The Hall–Kier alpha value is -1.18. The number of hydrogen-bond donors (Lipinski definition) is 0. The Labute approximate surface area is 106 Å². The number of ether oxygens (including phenoxy) is 1. The summed E-state index contributed by atoms with van der Waals surface area (Å²) in [5, 5.41) is 9.15. The molecule has 1 saturated heterocycles. The summed E-state index contributed by atoms with van der Waals surface area (Å²) in [7, 11) is 2.02. The van der Waals surface area contributed by atoms with E-state index in [1.165, 1.54) is 4.90 Å². The first-order valence-corrected chi connectivity index (χ1v) is 6.76. The number of nitriles is 1. The average Bonchev–Trinajstić information content (AvgIpc) is 2.33. The fourth-order valence-electron chi connectivity index (χ4n) is 1.92. The van der Waals surface area contributed by atoms with Crippen LogP contribution in [0.1, 0.15) is 0 Å². The molecule has 90 valence electrons. The molecule has 0 radical (unpaired) electrons. The predicted molar refractivity (Wildman–Crippen MR) is 70.4 cm³/mol. The molecular formula is C13H16N2OS. The van der Waals surface area contributed by atoms with Gasteiger partial charge in [-0.1, -0.05) is 0 Å². The fraction of sp³-hybridized carbons (Fsp3) is 0.462. The third-order valence-electron chi connectivity index (χ3n) is 3.05. The van der Waals surface area contributed by atoms with Crippen molar-refractivity contribution in [1.29, 1.82) is 5.26 Å². The summed E-state index contributed by atoms with van der Waals surface area (Å²) in [6.45, 7) is 1.83. The van der Waals surface area contributed by atoms with E-state index >= 15 is 0 Å². The lowest BCUT2D eigenvalue weighted by atomic mass is 9.87. The molecule has 0 aliphatic carbocycles. The molecular weight excluding hydrogens is 232 g/mol. The smallest absolute Gasteiger partial charge is 0.121 e. The number of benzene rings is 1. The van der Waals surface area contributed by atoms with Gasteiger partial charge in [0, 0.05) is 24.2 Å². The molecule has 1 fully saturated rings. The largest absolute Gasteiger partial charge is 0.378 e. The lowest BCUT2D eigenvalue weighted by Crippen LogP contribution is -2.49. The van der Waals surface area contributed by atoms with Crippen LogP contribution in [0, 0.1) is 16.7 Å². The number of rotatable bonds is 4. The second-order valence-corrected chi connectivity index (χ2v) is 5.32. The van der Waals surface area contributed by atoms with E-state index in [0.717, 1.165) is 12.2 Å². The molecule has 1 heterocycles. The van der Waals surface area contributed by atoms with Crippen molar-refractivity contribution in [3.63, 3.8) is 0 Å². The summed E-state index contributed by atoms with van der Waals surface area (Å²) >= 11 is 1.73. The summed E-state index contributed by atoms with van der Waals surface area (Å²) in [5.41, 5.74) is 0.830. The minimum absolute atomic E-state index is 0.313. The van der Waals surface area contributed by atoms with Crippen LogP contribution in [0.5, 0.6) is 0 Å². The van der Waals surface area contributed by atoms with E-state index < -0.39 is 0 Å². The molecule has 17 heavy (non-hydrogen) atoms. The molecule has 1 aromatic carbocycles. The van der Waals surface area contributed by atoms with E-state index in [4.69, 9.17) is 10.00 Å². The van der Waals surface area contributed by atoms with Gasteiger partial charge in [-0.15, -0.1) is 11.8 Å². The maximum Gasteiger partial charge on any atom is 0.121 e. The zero-order valence-corrected chi connectivity index (χ0v) is 11.0. The molecule has 1 aliphatic rings. The van der Waals surface area contributed by atoms with Crippen LogP contribution < -0.4 is 4.90 Å². The van der Waals surface area contributed by atoms with Crippen molar-refractivity contribution >= 4 is 17.4 Å². The van der Waals surface area contributed by atoms with E-state index in [2.05, 4.69) is 41.5 Å². The third kappa shape index (κ3) is 2.56. The Morgan fingerprint density at radius 1 is 1.41 bits per heavy atom. The van der Waals surface area contributed by atoms with Gasteiger partial charge >= 0.3 is 0 Å². The molecule has 1 aliphatic heterocycles. The van der Waals surface area contributed by atoms with E-state index in [-0.39, 0.29) is 5.41 Å². The number of nitrogens with zero attached hydrogens (tertiary/aromatic N) is 2. The zero-order chi connectivity index (χ0) is 12.3. The van der Waals surface area contributed by atoms with Gasteiger partial charge < -0.3 is 9.64 Å². The lowest BCUT2D eigenvalue weighted by Gasteiger charge is -2.38. The molecule has 0 amide bonds. The van der Waals surface area contributed by atoms with Crippen LogP contribution in [0.2, 0.25) is 0 Å². The summed E-state index contributed by atoms with van der Waals surface area (Å²) in [6, 6.07) is 10.8. The summed E-state index contributed by atoms with van der Waals surface area (Å²) in [4.78, 5) is 3.37. The fourth-order valence-corrected chi connectivity index (χ4v) is 2.33. The van der Waals surface area contributed by atoms with Crippen LogP contribution in [0.15, 0.2) is 29.2 Å². The SMILES string of the molecule is CSc1ccc(N(C)CC2(C#N)COC2)cc1. The number of anilines is 1. The third-order valence-corrected chi connectivity index (χ3v) is 3.79. The number of hydrogen-bond acceptors (Lipinski definition) is 4. The van der Waals surface area contributed by atoms with Gasteiger partial charge in [-0.25, -0.2) is 0 Å². The number of thioether (sulfide) groups is 1. The molecule has 0 saturated carbocycles. The highest BCUT2D eigenvalue weighted by atomic mass is 32.2. The van der Waals surface area contributed by atoms with E-state index in [1.54, 1.807) is 11.8 Å². The summed E-state index contributed by atoms with van der Waals surface area (Å²) in [6.07, 6.45) is 2.06. The van der Waals surface area contributed by atoms with E-state index in [1.807, 2.05) is 7.05 Å². The van der Waals surface area contributed by atoms with E-state index in [0.29, 0.717) is 13.2 Å². The van der Waals surface area contributed by atoms with Gasteiger partial charge in [0.05, 0.1) is 19.3 Å². The van der Waals surface area contributed by atoms with Gasteiger partial charge in [0.25, 0.3) is 0 Å². The molecule has 0 atom stereocenters. The molecule has 0 bridgehead atoms. The standard InChI is InChI=1S/C13H16N2OS/c1-15(8-13(7-14)9-16-10-13)11-3-5-12(17-2)6-4-11/h3-6H,8-10H2,1-2H3. The maximum absolute atomic E-state index is 9.15. The highest BCUT2D eigenvalue weighted by molar-refractivity contribution is 7.98. The van der Waals surface area contributed by atoms with Crippen molar-refractivity contribution in [3.8, 4) is 6.07 Å². The van der Waals surface area contributed by atoms with Crippen molar-refractivity contribution < 1.29 is 4.74 Å². The molecule has 3 nitrogen and oxygen atoms in total.